The Morgan fingerprint density at radius 3 is 3.07 bits per heavy atom. The molecule has 6 heteroatoms. The number of nitrogens with one attached hydrogen (secondary N) is 2. The van der Waals surface area contributed by atoms with Crippen LogP contribution in [0.1, 0.15) is 29.9 Å². The van der Waals surface area contributed by atoms with E-state index in [0.717, 1.165) is 19.3 Å². The van der Waals surface area contributed by atoms with Gasteiger partial charge in [-0.25, -0.2) is 0 Å². The Morgan fingerprint density at radius 1 is 1.60 bits per heavy atom. The van der Waals surface area contributed by atoms with E-state index in [2.05, 4.69) is 32.7 Å². The SMILES string of the molecule is Nc1n[nH]c(C(=O)NC2CC=CCC2)n1. The molecule has 0 spiro atoms. The lowest BCUT2D eigenvalue weighted by Crippen LogP contribution is -2.35. The Hall–Kier alpha value is -1.85. The van der Waals surface area contributed by atoms with Crippen LogP contribution >= 0.6 is 0 Å². The highest BCUT2D eigenvalue weighted by molar-refractivity contribution is 5.90. The normalized spacial score (nSPS) is 20.1. The first-order valence-electron chi connectivity index (χ1n) is 4.89. The van der Waals surface area contributed by atoms with Crippen LogP contribution in [0.15, 0.2) is 12.2 Å². The smallest absolute Gasteiger partial charge is 0.288 e. The number of aromatic nitrogens is 3. The van der Waals surface area contributed by atoms with Gasteiger partial charge in [-0.05, 0) is 19.3 Å². The van der Waals surface area contributed by atoms with Crippen molar-refractivity contribution in [2.75, 3.05) is 5.73 Å². The predicted octanol–water partition coefficient (Wildman–Crippen LogP) is 0.225. The number of carbonyl (C=O) groups excluding carboxylic acids is 1. The molecule has 0 bridgehead atoms. The molecule has 1 heterocycles. The van der Waals surface area contributed by atoms with Gasteiger partial charge in [-0.2, -0.15) is 4.98 Å². The van der Waals surface area contributed by atoms with Crippen molar-refractivity contribution in [2.24, 2.45) is 0 Å². The quantitative estimate of drug-likeness (QED) is 0.604. The zero-order chi connectivity index (χ0) is 10.7. The molecule has 0 saturated heterocycles. The van der Waals surface area contributed by atoms with Gasteiger partial charge in [-0.3, -0.25) is 9.89 Å². The molecule has 0 radical (unpaired) electrons. The van der Waals surface area contributed by atoms with E-state index in [1.165, 1.54) is 0 Å². The van der Waals surface area contributed by atoms with Gasteiger partial charge in [0.25, 0.3) is 5.91 Å². The summed E-state index contributed by atoms with van der Waals surface area (Å²) in [6, 6.07) is 0.189. The van der Waals surface area contributed by atoms with Crippen LogP contribution in [0.25, 0.3) is 0 Å². The maximum absolute atomic E-state index is 11.6. The third kappa shape index (κ3) is 2.34. The highest BCUT2D eigenvalue weighted by atomic mass is 16.2. The lowest BCUT2D eigenvalue weighted by atomic mass is 10.0. The van der Waals surface area contributed by atoms with E-state index < -0.39 is 0 Å². The first kappa shape index (κ1) is 9.70. The minimum absolute atomic E-state index is 0.0867. The Morgan fingerprint density at radius 2 is 2.47 bits per heavy atom. The van der Waals surface area contributed by atoms with E-state index in [-0.39, 0.29) is 23.7 Å². The van der Waals surface area contributed by atoms with Crippen molar-refractivity contribution in [3.63, 3.8) is 0 Å². The largest absolute Gasteiger partial charge is 0.366 e. The minimum atomic E-state index is -0.250. The summed E-state index contributed by atoms with van der Waals surface area (Å²) in [5.74, 6) is 0.00485. The monoisotopic (exact) mass is 207 g/mol. The Balaban J connectivity index is 1.94. The fraction of sp³-hybridized carbons (Fsp3) is 0.444. The van der Waals surface area contributed by atoms with Crippen molar-refractivity contribution >= 4 is 11.9 Å². The lowest BCUT2D eigenvalue weighted by molar-refractivity contribution is 0.0924. The maximum atomic E-state index is 11.6. The van der Waals surface area contributed by atoms with Gasteiger partial charge in [-0.15, -0.1) is 5.10 Å². The van der Waals surface area contributed by atoms with Crippen molar-refractivity contribution < 1.29 is 4.79 Å². The molecule has 1 aromatic heterocycles. The van der Waals surface area contributed by atoms with Crippen LogP contribution in [0.3, 0.4) is 0 Å². The van der Waals surface area contributed by atoms with E-state index in [4.69, 9.17) is 5.73 Å². The molecule has 1 unspecified atom stereocenters. The minimum Gasteiger partial charge on any atom is -0.366 e. The summed E-state index contributed by atoms with van der Waals surface area (Å²) in [5.41, 5.74) is 5.30. The van der Waals surface area contributed by atoms with E-state index >= 15 is 0 Å². The number of carbonyl (C=O) groups is 1. The molecule has 0 fully saturated rings. The highest BCUT2D eigenvalue weighted by Crippen LogP contribution is 2.10. The average Bonchev–Trinajstić information content (AvgIpc) is 2.66. The second-order valence-electron chi connectivity index (χ2n) is 3.50. The molecule has 1 aliphatic carbocycles. The van der Waals surface area contributed by atoms with Crippen LogP contribution in [0.5, 0.6) is 0 Å². The second-order valence-corrected chi connectivity index (χ2v) is 3.50. The Kier molecular flexibility index (Phi) is 2.66. The van der Waals surface area contributed by atoms with Crippen LogP contribution in [-0.4, -0.2) is 27.1 Å². The number of hydrogen-bond donors (Lipinski definition) is 3. The Labute approximate surface area is 87.0 Å². The van der Waals surface area contributed by atoms with E-state index in [9.17, 15) is 4.79 Å². The molecule has 0 aliphatic heterocycles. The summed E-state index contributed by atoms with van der Waals surface area (Å²) in [6.07, 6.45) is 7.03. The third-order valence-corrected chi connectivity index (χ3v) is 2.32. The van der Waals surface area contributed by atoms with E-state index in [1.807, 2.05) is 0 Å². The first-order chi connectivity index (χ1) is 7.25. The zero-order valence-electron chi connectivity index (χ0n) is 8.23. The molecule has 15 heavy (non-hydrogen) atoms. The van der Waals surface area contributed by atoms with Gasteiger partial charge in [0.05, 0.1) is 0 Å². The summed E-state index contributed by atoms with van der Waals surface area (Å²) in [4.78, 5) is 15.4. The van der Waals surface area contributed by atoms with Gasteiger partial charge in [-0.1, -0.05) is 12.2 Å². The molecule has 4 N–H and O–H groups in total. The maximum Gasteiger partial charge on any atom is 0.288 e. The number of nitrogens with two attached hydrogens (primary N) is 1. The zero-order valence-corrected chi connectivity index (χ0v) is 8.23. The van der Waals surface area contributed by atoms with Crippen molar-refractivity contribution in [3.05, 3.63) is 18.0 Å². The molecule has 80 valence electrons. The molecule has 0 saturated carbocycles. The van der Waals surface area contributed by atoms with Gasteiger partial charge < -0.3 is 11.1 Å². The highest BCUT2D eigenvalue weighted by Gasteiger charge is 2.16. The summed E-state index contributed by atoms with van der Waals surface area (Å²) >= 11 is 0. The molecular formula is C9H13N5O. The van der Waals surface area contributed by atoms with Gasteiger partial charge in [0.1, 0.15) is 0 Å². The molecule has 6 nitrogen and oxygen atoms in total. The van der Waals surface area contributed by atoms with Gasteiger partial charge in [0.15, 0.2) is 0 Å². The number of rotatable bonds is 2. The fourth-order valence-corrected chi connectivity index (χ4v) is 1.55. The summed E-state index contributed by atoms with van der Waals surface area (Å²) in [5, 5.41) is 8.95. The number of allylic oxidation sites excluding steroid dienone is 1. The summed E-state index contributed by atoms with van der Waals surface area (Å²) < 4.78 is 0. The summed E-state index contributed by atoms with van der Waals surface area (Å²) in [6.45, 7) is 0. The molecule has 1 amide bonds. The summed E-state index contributed by atoms with van der Waals surface area (Å²) in [7, 11) is 0. The molecule has 2 rings (SSSR count). The van der Waals surface area contributed by atoms with Gasteiger partial charge in [0, 0.05) is 6.04 Å². The molecular weight excluding hydrogens is 194 g/mol. The van der Waals surface area contributed by atoms with Crippen molar-refractivity contribution in [1.82, 2.24) is 20.5 Å². The Bertz CT molecular complexity index is 384. The fourth-order valence-electron chi connectivity index (χ4n) is 1.55. The van der Waals surface area contributed by atoms with Crippen LogP contribution in [0, 0.1) is 0 Å². The van der Waals surface area contributed by atoms with Crippen LogP contribution in [0.4, 0.5) is 5.95 Å². The van der Waals surface area contributed by atoms with E-state index in [0.29, 0.717) is 0 Å². The molecule has 1 aromatic rings. The van der Waals surface area contributed by atoms with Gasteiger partial charge >= 0.3 is 0 Å². The topological polar surface area (TPSA) is 96.7 Å². The van der Waals surface area contributed by atoms with Crippen molar-refractivity contribution in [1.29, 1.82) is 0 Å². The average molecular weight is 207 g/mol. The molecule has 0 aromatic carbocycles. The predicted molar refractivity (Wildman–Crippen MR) is 55.0 cm³/mol. The van der Waals surface area contributed by atoms with Crippen molar-refractivity contribution in [3.8, 4) is 0 Å². The second kappa shape index (κ2) is 4.12. The van der Waals surface area contributed by atoms with Crippen LogP contribution < -0.4 is 11.1 Å². The van der Waals surface area contributed by atoms with E-state index in [1.54, 1.807) is 0 Å². The van der Waals surface area contributed by atoms with Gasteiger partial charge in [0.2, 0.25) is 11.8 Å². The number of H-pyrrole nitrogens is 1. The van der Waals surface area contributed by atoms with Crippen LogP contribution in [-0.2, 0) is 0 Å². The lowest BCUT2D eigenvalue weighted by Gasteiger charge is -2.18. The van der Waals surface area contributed by atoms with Crippen LogP contribution in [0.2, 0.25) is 0 Å². The van der Waals surface area contributed by atoms with Crippen molar-refractivity contribution in [2.45, 2.75) is 25.3 Å². The molecule has 1 aliphatic rings. The number of amides is 1. The number of aromatic amines is 1. The first-order valence-corrected chi connectivity index (χ1v) is 4.89. The number of anilines is 1. The molecule has 1 atom stereocenters. The number of hydrogen-bond acceptors (Lipinski definition) is 4. The standard InChI is InChI=1S/C9H13N5O/c10-9-12-7(13-14-9)8(15)11-6-4-2-1-3-5-6/h1-2,6H,3-5H2,(H,11,15)(H3,10,12,13,14). The number of nitrogens with zero attached hydrogens (tertiary/aromatic N) is 2. The number of nitrogen functional groups attached to an aromatic ring is 1. The third-order valence-electron chi connectivity index (χ3n) is 2.32.